The van der Waals surface area contributed by atoms with E-state index in [2.05, 4.69) is 15.5 Å². The summed E-state index contributed by atoms with van der Waals surface area (Å²) in [7, 11) is 0. The van der Waals surface area contributed by atoms with Gasteiger partial charge in [-0.3, -0.25) is 4.79 Å². The molecule has 0 aliphatic carbocycles. The molecule has 2 aromatic heterocycles. The van der Waals surface area contributed by atoms with Gasteiger partial charge in [0.05, 0.1) is 28.4 Å². The van der Waals surface area contributed by atoms with Gasteiger partial charge < -0.3 is 14.6 Å². The van der Waals surface area contributed by atoms with E-state index < -0.39 is 0 Å². The number of nitrogens with one attached hydrogen (secondary N) is 1. The first-order valence-electron chi connectivity index (χ1n) is 8.44. The van der Waals surface area contributed by atoms with Crippen molar-refractivity contribution in [3.8, 4) is 11.3 Å². The van der Waals surface area contributed by atoms with Crippen LogP contribution < -0.4 is 5.32 Å². The summed E-state index contributed by atoms with van der Waals surface area (Å²) >= 11 is 0. The molecule has 6 nitrogen and oxygen atoms in total. The molecule has 0 saturated carbocycles. The van der Waals surface area contributed by atoms with Crippen LogP contribution in [0.1, 0.15) is 28.9 Å². The lowest BCUT2D eigenvalue weighted by atomic mass is 10.1. The Morgan fingerprint density at radius 3 is 2.92 bits per heavy atom. The van der Waals surface area contributed by atoms with Crippen LogP contribution in [0.4, 0.5) is 0 Å². The number of aryl methyl sites for hydroxylation is 1. The minimum Gasteiger partial charge on any atom is -0.376 e. The molecule has 1 aliphatic heterocycles. The van der Waals surface area contributed by atoms with Crippen LogP contribution >= 0.6 is 0 Å². The van der Waals surface area contributed by atoms with Crippen molar-refractivity contribution in [3.05, 3.63) is 47.7 Å². The summed E-state index contributed by atoms with van der Waals surface area (Å²) in [4.78, 5) is 17.3. The van der Waals surface area contributed by atoms with E-state index in [1.54, 1.807) is 6.07 Å². The van der Waals surface area contributed by atoms with Crippen molar-refractivity contribution in [2.24, 2.45) is 0 Å². The zero-order valence-electron chi connectivity index (χ0n) is 14.0. The number of hydrogen-bond acceptors (Lipinski definition) is 5. The topological polar surface area (TPSA) is 77.2 Å². The molecule has 1 aliphatic rings. The van der Waals surface area contributed by atoms with Crippen molar-refractivity contribution >= 4 is 17.0 Å². The molecule has 128 valence electrons. The molecule has 1 aromatic carbocycles. The van der Waals surface area contributed by atoms with E-state index in [1.165, 1.54) is 0 Å². The number of hydrogen-bond donors (Lipinski definition) is 1. The number of carbonyl (C=O) groups is 1. The van der Waals surface area contributed by atoms with Gasteiger partial charge in [-0.15, -0.1) is 0 Å². The average molecular weight is 337 g/mol. The first kappa shape index (κ1) is 15.8. The zero-order chi connectivity index (χ0) is 17.2. The van der Waals surface area contributed by atoms with Gasteiger partial charge >= 0.3 is 0 Å². The molecular formula is C19H19N3O3. The van der Waals surface area contributed by atoms with Gasteiger partial charge in [-0.2, -0.15) is 0 Å². The summed E-state index contributed by atoms with van der Waals surface area (Å²) in [6.07, 6.45) is 2.12. The number of ether oxygens (including phenoxy) is 1. The maximum atomic E-state index is 12.8. The van der Waals surface area contributed by atoms with Crippen molar-refractivity contribution in [3.63, 3.8) is 0 Å². The molecule has 0 radical (unpaired) electrons. The van der Waals surface area contributed by atoms with Gasteiger partial charge in [0, 0.05) is 18.7 Å². The molecule has 3 heterocycles. The smallest absolute Gasteiger partial charge is 0.259 e. The van der Waals surface area contributed by atoms with E-state index in [0.29, 0.717) is 34.6 Å². The molecule has 1 N–H and O–H groups in total. The normalized spacial score (nSPS) is 17.1. The largest absolute Gasteiger partial charge is 0.376 e. The van der Waals surface area contributed by atoms with E-state index in [9.17, 15) is 4.79 Å². The van der Waals surface area contributed by atoms with Gasteiger partial charge in [0.25, 0.3) is 11.6 Å². The van der Waals surface area contributed by atoms with Crippen LogP contribution in [0.2, 0.25) is 0 Å². The highest BCUT2D eigenvalue weighted by molar-refractivity contribution is 6.07. The summed E-state index contributed by atoms with van der Waals surface area (Å²) in [5.74, 6) is -0.161. The quantitative estimate of drug-likeness (QED) is 0.791. The SMILES string of the molecule is Cc1noc2nc(-c3ccccc3)cc(C(=O)NC[C@@H]3CCCO3)c12. The number of benzene rings is 1. The fourth-order valence-electron chi connectivity index (χ4n) is 3.14. The second-order valence-corrected chi connectivity index (χ2v) is 6.21. The van der Waals surface area contributed by atoms with Crippen LogP contribution in [0, 0.1) is 6.92 Å². The highest BCUT2D eigenvalue weighted by Crippen LogP contribution is 2.27. The molecule has 0 bridgehead atoms. The second-order valence-electron chi connectivity index (χ2n) is 6.21. The first-order valence-corrected chi connectivity index (χ1v) is 8.44. The van der Waals surface area contributed by atoms with Gasteiger partial charge in [-0.1, -0.05) is 35.5 Å². The maximum Gasteiger partial charge on any atom is 0.259 e. The van der Waals surface area contributed by atoms with E-state index in [1.807, 2.05) is 37.3 Å². The number of nitrogens with zero attached hydrogens (tertiary/aromatic N) is 2. The predicted molar refractivity (Wildman–Crippen MR) is 93.3 cm³/mol. The molecule has 6 heteroatoms. The number of aromatic nitrogens is 2. The molecule has 1 saturated heterocycles. The molecular weight excluding hydrogens is 318 g/mol. The Balaban J connectivity index is 1.70. The Bertz CT molecular complexity index is 899. The number of carbonyl (C=O) groups excluding carboxylic acids is 1. The zero-order valence-corrected chi connectivity index (χ0v) is 14.0. The fraction of sp³-hybridized carbons (Fsp3) is 0.316. The maximum absolute atomic E-state index is 12.8. The first-order chi connectivity index (χ1) is 12.2. The molecule has 1 atom stereocenters. The van der Waals surface area contributed by atoms with E-state index >= 15 is 0 Å². The van der Waals surface area contributed by atoms with Crippen molar-refractivity contribution in [2.45, 2.75) is 25.9 Å². The third kappa shape index (κ3) is 3.13. The minimum absolute atomic E-state index is 0.0958. The molecule has 3 aromatic rings. The predicted octanol–water partition coefficient (Wildman–Crippen LogP) is 3.11. The summed E-state index contributed by atoms with van der Waals surface area (Å²) in [6.45, 7) is 3.09. The van der Waals surface area contributed by atoms with Crippen LogP contribution in [0.25, 0.3) is 22.4 Å². The Hall–Kier alpha value is -2.73. The van der Waals surface area contributed by atoms with Gasteiger partial charge in [-0.05, 0) is 25.8 Å². The molecule has 1 fully saturated rings. The minimum atomic E-state index is -0.161. The lowest BCUT2D eigenvalue weighted by Crippen LogP contribution is -2.32. The van der Waals surface area contributed by atoms with Crippen LogP contribution in [0.15, 0.2) is 40.9 Å². The Labute approximate surface area is 145 Å². The van der Waals surface area contributed by atoms with E-state index in [0.717, 1.165) is 25.0 Å². The highest BCUT2D eigenvalue weighted by Gasteiger charge is 2.21. The molecule has 0 spiro atoms. The van der Waals surface area contributed by atoms with Crippen molar-refractivity contribution in [1.29, 1.82) is 0 Å². The summed E-state index contributed by atoms with van der Waals surface area (Å²) in [6, 6.07) is 11.5. The van der Waals surface area contributed by atoms with Gasteiger partial charge in [-0.25, -0.2) is 4.98 Å². The number of fused-ring (bicyclic) bond motifs is 1. The molecule has 25 heavy (non-hydrogen) atoms. The van der Waals surface area contributed by atoms with Crippen LogP contribution in [0.5, 0.6) is 0 Å². The van der Waals surface area contributed by atoms with Crippen LogP contribution in [-0.4, -0.2) is 35.3 Å². The lowest BCUT2D eigenvalue weighted by Gasteiger charge is -2.12. The molecule has 1 amide bonds. The van der Waals surface area contributed by atoms with E-state index in [-0.39, 0.29) is 12.0 Å². The van der Waals surface area contributed by atoms with Crippen LogP contribution in [-0.2, 0) is 4.74 Å². The number of rotatable bonds is 4. The van der Waals surface area contributed by atoms with Gasteiger partial charge in [0.2, 0.25) is 0 Å². The fourth-order valence-corrected chi connectivity index (χ4v) is 3.14. The second kappa shape index (κ2) is 6.64. The monoisotopic (exact) mass is 337 g/mol. The highest BCUT2D eigenvalue weighted by atomic mass is 16.5. The Morgan fingerprint density at radius 2 is 2.16 bits per heavy atom. The third-order valence-corrected chi connectivity index (χ3v) is 4.45. The van der Waals surface area contributed by atoms with Crippen molar-refractivity contribution in [2.75, 3.05) is 13.2 Å². The average Bonchev–Trinajstić information content (AvgIpc) is 3.30. The molecule has 0 unspecified atom stereocenters. The van der Waals surface area contributed by atoms with Crippen LogP contribution in [0.3, 0.4) is 0 Å². The Morgan fingerprint density at radius 1 is 1.32 bits per heavy atom. The summed E-state index contributed by atoms with van der Waals surface area (Å²) in [5.41, 5.74) is 3.17. The van der Waals surface area contributed by atoms with Crippen molar-refractivity contribution in [1.82, 2.24) is 15.5 Å². The van der Waals surface area contributed by atoms with E-state index in [4.69, 9.17) is 9.26 Å². The summed E-state index contributed by atoms with van der Waals surface area (Å²) < 4.78 is 10.9. The third-order valence-electron chi connectivity index (χ3n) is 4.45. The van der Waals surface area contributed by atoms with Gasteiger partial charge in [0.15, 0.2) is 0 Å². The number of pyridine rings is 1. The number of amides is 1. The van der Waals surface area contributed by atoms with Gasteiger partial charge in [0.1, 0.15) is 0 Å². The summed E-state index contributed by atoms with van der Waals surface area (Å²) in [5, 5.41) is 7.59. The standard InChI is InChI=1S/C19H19N3O3/c1-12-17-15(18(23)20-11-14-8-5-9-24-14)10-16(21-19(17)25-22-12)13-6-3-2-4-7-13/h2-4,6-7,10,14H,5,8-9,11H2,1H3,(H,20,23)/t14-/m0/s1. The van der Waals surface area contributed by atoms with Crippen molar-refractivity contribution < 1.29 is 14.1 Å². The Kier molecular flexibility index (Phi) is 4.19. The molecule has 4 rings (SSSR count). The lowest BCUT2D eigenvalue weighted by molar-refractivity contribution is 0.0859.